The Kier molecular flexibility index (Phi) is 6.00. The molecule has 1 aliphatic carbocycles. The van der Waals surface area contributed by atoms with E-state index in [2.05, 4.69) is 0 Å². The van der Waals surface area contributed by atoms with Crippen LogP contribution in [-0.2, 0) is 14.6 Å². The Bertz CT molecular complexity index is 961. The molecular weight excluding hydrogens is 418 g/mol. The molecule has 1 fully saturated rings. The van der Waals surface area contributed by atoms with Crippen LogP contribution >= 0.6 is 23.8 Å². The van der Waals surface area contributed by atoms with Crippen molar-refractivity contribution >= 4 is 38.6 Å². The highest BCUT2D eigenvalue weighted by molar-refractivity contribution is 7.92. The highest BCUT2D eigenvalue weighted by atomic mass is 35.5. The minimum absolute atomic E-state index is 0.143. The second-order valence-electron chi connectivity index (χ2n) is 6.71. The van der Waals surface area contributed by atoms with Crippen molar-refractivity contribution in [3.63, 3.8) is 0 Å². The molecule has 2 N–H and O–H groups in total. The van der Waals surface area contributed by atoms with E-state index in [1.165, 1.54) is 12.1 Å². The first-order valence-corrected chi connectivity index (χ1v) is 11.1. The van der Waals surface area contributed by atoms with Crippen LogP contribution in [0, 0.1) is 5.41 Å². The number of rotatable bonds is 8. The minimum atomic E-state index is -3.72. The van der Waals surface area contributed by atoms with Crippen molar-refractivity contribution in [2.24, 2.45) is 11.1 Å². The molecule has 3 rings (SSSR count). The summed E-state index contributed by atoms with van der Waals surface area (Å²) in [6.45, 7) is 2.43. The van der Waals surface area contributed by atoms with Crippen molar-refractivity contribution in [2.45, 2.75) is 23.0 Å². The summed E-state index contributed by atoms with van der Waals surface area (Å²) in [5.74, 6) is 0.287. The molecule has 3 atom stereocenters. The lowest BCUT2D eigenvalue weighted by Crippen LogP contribution is -2.33. The van der Waals surface area contributed by atoms with Crippen LogP contribution < -0.4 is 10.5 Å². The van der Waals surface area contributed by atoms with Crippen LogP contribution in [0.3, 0.4) is 0 Å². The Morgan fingerprint density at radius 2 is 1.79 bits per heavy atom. The van der Waals surface area contributed by atoms with E-state index < -0.39 is 26.4 Å². The van der Waals surface area contributed by atoms with E-state index in [0.717, 1.165) is 5.56 Å². The Morgan fingerprint density at radius 3 is 2.29 bits per heavy atom. The maximum atomic E-state index is 13.5. The van der Waals surface area contributed by atoms with E-state index in [4.69, 9.17) is 39.0 Å². The van der Waals surface area contributed by atoms with Crippen molar-refractivity contribution in [3.05, 3.63) is 59.1 Å². The summed E-state index contributed by atoms with van der Waals surface area (Å²) >= 11 is 11.3. The summed E-state index contributed by atoms with van der Waals surface area (Å²) < 4.78 is 37.7. The molecule has 0 radical (unpaired) electrons. The topological polar surface area (TPSA) is 78.6 Å². The zero-order valence-corrected chi connectivity index (χ0v) is 18.0. The SMILES string of the molecule is CCOC[C@@]1(C(N)=S)[C@@H](c2ccc(OC)cc2)[C@@H]1S(=O)(=O)c1ccc(Cl)cc1. The molecule has 0 heterocycles. The van der Waals surface area contributed by atoms with E-state index in [9.17, 15) is 8.42 Å². The standard InChI is InChI=1S/C20H22ClNO4S2/c1-3-26-12-20(19(22)27)17(13-4-8-15(25-2)9-5-13)18(20)28(23,24)16-10-6-14(21)7-11-16/h4-11,17-18H,3,12H2,1-2H3,(H2,22,27)/t17-,18-,20+/m0/s1. The number of hydrogen-bond donors (Lipinski definition) is 1. The summed E-state index contributed by atoms with van der Waals surface area (Å²) in [5, 5.41) is -0.338. The number of nitrogens with two attached hydrogens (primary N) is 1. The molecule has 0 amide bonds. The van der Waals surface area contributed by atoms with Crippen molar-refractivity contribution in [2.75, 3.05) is 20.3 Å². The van der Waals surface area contributed by atoms with Gasteiger partial charge in [-0.1, -0.05) is 36.0 Å². The fourth-order valence-corrected chi connectivity index (χ4v) is 6.62. The van der Waals surface area contributed by atoms with Gasteiger partial charge in [0.1, 0.15) is 5.75 Å². The van der Waals surface area contributed by atoms with E-state index in [-0.39, 0.29) is 16.5 Å². The van der Waals surface area contributed by atoms with Gasteiger partial charge in [0, 0.05) is 17.5 Å². The Balaban J connectivity index is 2.08. The summed E-state index contributed by atoms with van der Waals surface area (Å²) in [5.41, 5.74) is 5.96. The molecule has 2 aromatic carbocycles. The average molecular weight is 440 g/mol. The number of sulfone groups is 1. The molecule has 8 heteroatoms. The molecule has 0 aliphatic heterocycles. The Hall–Kier alpha value is -1.67. The first-order valence-electron chi connectivity index (χ1n) is 8.80. The third-order valence-electron chi connectivity index (χ3n) is 5.21. The highest BCUT2D eigenvalue weighted by Crippen LogP contribution is 2.64. The fourth-order valence-electron chi connectivity index (χ4n) is 3.72. The lowest BCUT2D eigenvalue weighted by atomic mass is 10.00. The van der Waals surface area contributed by atoms with Gasteiger partial charge >= 0.3 is 0 Å². The average Bonchev–Trinajstić information content (AvgIpc) is 3.38. The highest BCUT2D eigenvalue weighted by Gasteiger charge is 2.73. The number of thiocarbonyl (C=S) groups is 1. The van der Waals surface area contributed by atoms with Crippen molar-refractivity contribution < 1.29 is 17.9 Å². The summed E-state index contributed by atoms with van der Waals surface area (Å²) in [7, 11) is -2.14. The normalized spacial score (nSPS) is 24.0. The van der Waals surface area contributed by atoms with Crippen molar-refractivity contribution in [3.8, 4) is 5.75 Å². The van der Waals surface area contributed by atoms with Crippen molar-refractivity contribution in [1.29, 1.82) is 0 Å². The molecule has 5 nitrogen and oxygen atoms in total. The molecule has 0 unspecified atom stereocenters. The van der Waals surface area contributed by atoms with Gasteiger partial charge in [-0.25, -0.2) is 8.42 Å². The smallest absolute Gasteiger partial charge is 0.182 e. The lowest BCUT2D eigenvalue weighted by molar-refractivity contribution is 0.121. The Labute approximate surface area is 175 Å². The largest absolute Gasteiger partial charge is 0.497 e. The van der Waals surface area contributed by atoms with Gasteiger partial charge in [0.2, 0.25) is 0 Å². The molecule has 0 bridgehead atoms. The second-order valence-corrected chi connectivity index (χ2v) is 9.66. The van der Waals surface area contributed by atoms with Gasteiger partial charge < -0.3 is 15.2 Å². The van der Waals surface area contributed by atoms with Gasteiger partial charge in [0.05, 0.1) is 34.3 Å². The third-order valence-corrected chi connectivity index (χ3v) is 8.13. The predicted octanol–water partition coefficient (Wildman–Crippen LogP) is 3.60. The molecule has 2 aromatic rings. The quantitative estimate of drug-likeness (QED) is 0.633. The first kappa shape index (κ1) is 21.0. The maximum absolute atomic E-state index is 13.5. The minimum Gasteiger partial charge on any atom is -0.497 e. The van der Waals surface area contributed by atoms with E-state index >= 15 is 0 Å². The molecule has 150 valence electrons. The molecule has 28 heavy (non-hydrogen) atoms. The zero-order valence-electron chi connectivity index (χ0n) is 15.6. The van der Waals surface area contributed by atoms with Gasteiger partial charge in [0.25, 0.3) is 0 Å². The van der Waals surface area contributed by atoms with E-state index in [1.807, 2.05) is 19.1 Å². The number of benzene rings is 2. The van der Waals surface area contributed by atoms with E-state index in [1.54, 1.807) is 31.4 Å². The molecule has 0 saturated heterocycles. The van der Waals surface area contributed by atoms with Crippen LogP contribution in [0.5, 0.6) is 5.75 Å². The maximum Gasteiger partial charge on any atom is 0.182 e. The van der Waals surface area contributed by atoms with Gasteiger partial charge in [-0.15, -0.1) is 0 Å². The number of ether oxygens (including phenoxy) is 2. The lowest BCUT2D eigenvalue weighted by Gasteiger charge is -2.17. The molecular formula is C20H22ClNO4S2. The van der Waals surface area contributed by atoms with Crippen LogP contribution in [0.1, 0.15) is 18.4 Å². The van der Waals surface area contributed by atoms with Gasteiger partial charge in [0.15, 0.2) is 9.84 Å². The number of hydrogen-bond acceptors (Lipinski definition) is 5. The number of halogens is 1. The summed E-state index contributed by atoms with van der Waals surface area (Å²) in [6, 6.07) is 13.4. The Morgan fingerprint density at radius 1 is 1.18 bits per heavy atom. The first-order chi connectivity index (χ1) is 13.3. The van der Waals surface area contributed by atoms with Crippen LogP contribution in [0.4, 0.5) is 0 Å². The molecule has 0 aromatic heterocycles. The molecule has 1 saturated carbocycles. The van der Waals surface area contributed by atoms with E-state index in [0.29, 0.717) is 17.4 Å². The van der Waals surface area contributed by atoms with Crippen LogP contribution in [-0.4, -0.2) is 39.0 Å². The monoisotopic (exact) mass is 439 g/mol. The summed E-state index contributed by atoms with van der Waals surface area (Å²) in [6.07, 6.45) is 0. The van der Waals surface area contributed by atoms with Crippen LogP contribution in [0.25, 0.3) is 0 Å². The fraction of sp³-hybridized carbons (Fsp3) is 0.350. The number of methoxy groups -OCH3 is 1. The second kappa shape index (κ2) is 7.99. The predicted molar refractivity (Wildman–Crippen MR) is 114 cm³/mol. The molecule has 1 aliphatic rings. The van der Waals surface area contributed by atoms with Crippen molar-refractivity contribution in [1.82, 2.24) is 0 Å². The van der Waals surface area contributed by atoms with Gasteiger partial charge in [-0.3, -0.25) is 0 Å². The summed E-state index contributed by atoms with van der Waals surface area (Å²) in [4.78, 5) is 0.333. The van der Waals surface area contributed by atoms with Crippen LogP contribution in [0.15, 0.2) is 53.4 Å². The zero-order chi connectivity index (χ0) is 20.5. The third kappa shape index (κ3) is 3.52. The van der Waals surface area contributed by atoms with Gasteiger partial charge in [-0.2, -0.15) is 0 Å². The molecule has 0 spiro atoms. The van der Waals surface area contributed by atoms with Gasteiger partial charge in [-0.05, 0) is 48.9 Å². The van der Waals surface area contributed by atoms with Crippen LogP contribution in [0.2, 0.25) is 5.02 Å².